The summed E-state index contributed by atoms with van der Waals surface area (Å²) in [5.41, 5.74) is 6.08. The SMILES string of the molecule is CCC(CN)CN1CCN(C(C)(C)C)CC1. The number of rotatable bonds is 4. The van der Waals surface area contributed by atoms with Gasteiger partial charge in [0.15, 0.2) is 0 Å². The van der Waals surface area contributed by atoms with Gasteiger partial charge in [-0.05, 0) is 33.2 Å². The molecule has 0 aliphatic carbocycles. The second kappa shape index (κ2) is 5.99. The average Bonchev–Trinajstić information content (AvgIpc) is 2.25. The van der Waals surface area contributed by atoms with Gasteiger partial charge in [0.1, 0.15) is 0 Å². The molecule has 0 amide bonds. The van der Waals surface area contributed by atoms with Crippen molar-refractivity contribution in [1.82, 2.24) is 9.80 Å². The van der Waals surface area contributed by atoms with Crippen LogP contribution in [0.5, 0.6) is 0 Å². The molecule has 1 aliphatic rings. The van der Waals surface area contributed by atoms with E-state index in [-0.39, 0.29) is 0 Å². The minimum Gasteiger partial charge on any atom is -0.330 e. The number of nitrogens with zero attached hydrogens (tertiary/aromatic N) is 2. The van der Waals surface area contributed by atoms with Gasteiger partial charge in [-0.25, -0.2) is 0 Å². The Hall–Kier alpha value is -0.120. The molecule has 1 rings (SSSR count). The lowest BCUT2D eigenvalue weighted by molar-refractivity contribution is 0.0555. The zero-order valence-corrected chi connectivity index (χ0v) is 11.5. The van der Waals surface area contributed by atoms with Gasteiger partial charge < -0.3 is 10.6 Å². The van der Waals surface area contributed by atoms with E-state index in [1.54, 1.807) is 0 Å². The quantitative estimate of drug-likeness (QED) is 0.788. The van der Waals surface area contributed by atoms with E-state index in [4.69, 9.17) is 5.73 Å². The van der Waals surface area contributed by atoms with Crippen LogP contribution in [-0.2, 0) is 0 Å². The third kappa shape index (κ3) is 4.04. The number of hydrogen-bond donors (Lipinski definition) is 1. The Kier molecular flexibility index (Phi) is 5.22. The van der Waals surface area contributed by atoms with Gasteiger partial charge in [0, 0.05) is 38.3 Å². The molecule has 16 heavy (non-hydrogen) atoms. The molecule has 1 atom stereocenters. The fraction of sp³-hybridized carbons (Fsp3) is 1.00. The van der Waals surface area contributed by atoms with Gasteiger partial charge in [-0.2, -0.15) is 0 Å². The normalized spacial score (nSPS) is 22.3. The molecule has 1 heterocycles. The standard InChI is InChI=1S/C13H29N3/c1-5-12(10-14)11-15-6-8-16(9-7-15)13(2,3)4/h12H,5-11,14H2,1-4H3. The van der Waals surface area contributed by atoms with Crippen molar-refractivity contribution in [2.45, 2.75) is 39.7 Å². The van der Waals surface area contributed by atoms with Crippen molar-refractivity contribution >= 4 is 0 Å². The van der Waals surface area contributed by atoms with Crippen LogP contribution < -0.4 is 5.73 Å². The summed E-state index contributed by atoms with van der Waals surface area (Å²) < 4.78 is 0. The molecular weight excluding hydrogens is 198 g/mol. The molecule has 1 unspecified atom stereocenters. The van der Waals surface area contributed by atoms with E-state index in [0.717, 1.165) is 6.54 Å². The molecule has 0 saturated carbocycles. The van der Waals surface area contributed by atoms with E-state index in [1.807, 2.05) is 0 Å². The first-order chi connectivity index (χ1) is 7.47. The average molecular weight is 227 g/mol. The predicted molar refractivity (Wildman–Crippen MR) is 70.6 cm³/mol. The van der Waals surface area contributed by atoms with Crippen LogP contribution in [0.3, 0.4) is 0 Å². The maximum Gasteiger partial charge on any atom is 0.0126 e. The molecule has 3 heteroatoms. The molecular formula is C13H29N3. The summed E-state index contributed by atoms with van der Waals surface area (Å²) in [6, 6.07) is 0. The van der Waals surface area contributed by atoms with E-state index >= 15 is 0 Å². The fourth-order valence-electron chi connectivity index (χ4n) is 2.34. The summed E-state index contributed by atoms with van der Waals surface area (Å²) >= 11 is 0. The molecule has 0 radical (unpaired) electrons. The first-order valence-electron chi connectivity index (χ1n) is 6.64. The van der Waals surface area contributed by atoms with Gasteiger partial charge in [0.25, 0.3) is 0 Å². The van der Waals surface area contributed by atoms with Crippen molar-refractivity contribution in [3.8, 4) is 0 Å². The molecule has 1 fully saturated rings. The highest BCUT2D eigenvalue weighted by molar-refractivity contribution is 4.82. The van der Waals surface area contributed by atoms with E-state index in [9.17, 15) is 0 Å². The molecule has 2 N–H and O–H groups in total. The predicted octanol–water partition coefficient (Wildman–Crippen LogP) is 1.39. The summed E-state index contributed by atoms with van der Waals surface area (Å²) in [6.07, 6.45) is 1.20. The van der Waals surface area contributed by atoms with Gasteiger partial charge in [-0.3, -0.25) is 4.90 Å². The van der Waals surface area contributed by atoms with Crippen LogP contribution in [-0.4, -0.2) is 54.6 Å². The van der Waals surface area contributed by atoms with E-state index in [1.165, 1.54) is 39.1 Å². The molecule has 0 aromatic rings. The number of nitrogens with two attached hydrogens (primary N) is 1. The summed E-state index contributed by atoms with van der Waals surface area (Å²) in [6.45, 7) is 16.0. The Morgan fingerprint density at radius 2 is 1.69 bits per heavy atom. The summed E-state index contributed by atoms with van der Waals surface area (Å²) in [7, 11) is 0. The summed E-state index contributed by atoms with van der Waals surface area (Å²) in [4.78, 5) is 5.15. The Labute approximate surface area is 101 Å². The van der Waals surface area contributed by atoms with E-state index in [0.29, 0.717) is 11.5 Å². The molecule has 0 spiro atoms. The van der Waals surface area contributed by atoms with Crippen molar-refractivity contribution in [3.63, 3.8) is 0 Å². The Morgan fingerprint density at radius 3 is 2.06 bits per heavy atom. The lowest BCUT2D eigenvalue weighted by Crippen LogP contribution is -2.54. The lowest BCUT2D eigenvalue weighted by Gasteiger charge is -2.43. The number of hydrogen-bond acceptors (Lipinski definition) is 3. The molecule has 0 aromatic carbocycles. The zero-order chi connectivity index (χ0) is 12.2. The van der Waals surface area contributed by atoms with Crippen LogP contribution in [0.1, 0.15) is 34.1 Å². The first-order valence-corrected chi connectivity index (χ1v) is 6.64. The van der Waals surface area contributed by atoms with Crippen molar-refractivity contribution in [2.24, 2.45) is 11.7 Å². The fourth-order valence-corrected chi connectivity index (χ4v) is 2.34. The van der Waals surface area contributed by atoms with Gasteiger partial charge >= 0.3 is 0 Å². The van der Waals surface area contributed by atoms with Gasteiger partial charge in [0.05, 0.1) is 0 Å². The third-order valence-electron chi connectivity index (χ3n) is 3.75. The second-order valence-electron chi connectivity index (χ2n) is 5.97. The molecule has 1 aliphatic heterocycles. The summed E-state index contributed by atoms with van der Waals surface area (Å²) in [5, 5.41) is 0. The maximum absolute atomic E-state index is 5.76. The lowest BCUT2D eigenvalue weighted by atomic mass is 10.0. The van der Waals surface area contributed by atoms with Crippen LogP contribution in [0.2, 0.25) is 0 Å². The molecule has 3 nitrogen and oxygen atoms in total. The minimum atomic E-state index is 0.324. The van der Waals surface area contributed by atoms with Gasteiger partial charge in [-0.15, -0.1) is 0 Å². The van der Waals surface area contributed by atoms with Crippen molar-refractivity contribution in [3.05, 3.63) is 0 Å². The smallest absolute Gasteiger partial charge is 0.0126 e. The van der Waals surface area contributed by atoms with Crippen LogP contribution in [0.25, 0.3) is 0 Å². The Morgan fingerprint density at radius 1 is 1.12 bits per heavy atom. The zero-order valence-electron chi connectivity index (χ0n) is 11.5. The molecule has 0 aromatic heterocycles. The van der Waals surface area contributed by atoms with Crippen LogP contribution >= 0.6 is 0 Å². The highest BCUT2D eigenvalue weighted by atomic mass is 15.3. The van der Waals surface area contributed by atoms with Crippen LogP contribution in [0.4, 0.5) is 0 Å². The van der Waals surface area contributed by atoms with Crippen molar-refractivity contribution in [2.75, 3.05) is 39.3 Å². The molecule has 0 bridgehead atoms. The number of piperazine rings is 1. The summed E-state index contributed by atoms with van der Waals surface area (Å²) in [5.74, 6) is 0.682. The maximum atomic E-state index is 5.76. The third-order valence-corrected chi connectivity index (χ3v) is 3.75. The van der Waals surface area contributed by atoms with Crippen molar-refractivity contribution < 1.29 is 0 Å². The van der Waals surface area contributed by atoms with E-state index < -0.39 is 0 Å². The largest absolute Gasteiger partial charge is 0.330 e. The van der Waals surface area contributed by atoms with Crippen LogP contribution in [0, 0.1) is 5.92 Å². The van der Waals surface area contributed by atoms with E-state index in [2.05, 4.69) is 37.5 Å². The highest BCUT2D eigenvalue weighted by Crippen LogP contribution is 2.16. The second-order valence-corrected chi connectivity index (χ2v) is 5.97. The molecule has 96 valence electrons. The van der Waals surface area contributed by atoms with Crippen molar-refractivity contribution in [1.29, 1.82) is 0 Å². The minimum absolute atomic E-state index is 0.324. The Balaban J connectivity index is 2.32. The van der Waals surface area contributed by atoms with Gasteiger partial charge in [0.2, 0.25) is 0 Å². The topological polar surface area (TPSA) is 32.5 Å². The highest BCUT2D eigenvalue weighted by Gasteiger charge is 2.26. The monoisotopic (exact) mass is 227 g/mol. The first kappa shape index (κ1) is 13.9. The Bertz CT molecular complexity index is 186. The van der Waals surface area contributed by atoms with Gasteiger partial charge in [-0.1, -0.05) is 13.3 Å². The van der Waals surface area contributed by atoms with Crippen LogP contribution in [0.15, 0.2) is 0 Å². The molecule has 1 saturated heterocycles.